The minimum Gasteiger partial charge on any atom is -0.481 e. The van der Waals surface area contributed by atoms with Gasteiger partial charge in [-0.3, -0.25) is 9.59 Å². The first kappa shape index (κ1) is 17.0. The summed E-state index contributed by atoms with van der Waals surface area (Å²) in [6, 6.07) is 0. The molecule has 0 radical (unpaired) electrons. The molecule has 2 unspecified atom stereocenters. The lowest BCUT2D eigenvalue weighted by Gasteiger charge is -2.28. The summed E-state index contributed by atoms with van der Waals surface area (Å²) in [5.74, 6) is -0.216. The van der Waals surface area contributed by atoms with Crippen molar-refractivity contribution in [3.8, 4) is 0 Å². The topological polar surface area (TPSA) is 83.6 Å². The highest BCUT2D eigenvalue weighted by Crippen LogP contribution is 2.38. The molecule has 116 valence electrons. The molecule has 2 atom stereocenters. The molecule has 1 aliphatic heterocycles. The lowest BCUT2D eigenvalue weighted by Crippen LogP contribution is -2.40. The van der Waals surface area contributed by atoms with E-state index in [4.69, 9.17) is 5.73 Å². The molecule has 20 heavy (non-hydrogen) atoms. The van der Waals surface area contributed by atoms with Gasteiger partial charge < -0.3 is 15.7 Å². The zero-order valence-electron chi connectivity index (χ0n) is 12.9. The molecule has 1 amide bonds. The van der Waals surface area contributed by atoms with E-state index in [9.17, 15) is 14.7 Å². The van der Waals surface area contributed by atoms with Crippen molar-refractivity contribution in [1.82, 2.24) is 4.90 Å². The van der Waals surface area contributed by atoms with E-state index in [0.29, 0.717) is 38.4 Å². The number of amides is 1. The smallest absolute Gasteiger partial charge is 0.311 e. The molecule has 5 nitrogen and oxygen atoms in total. The number of carboxylic acids is 1. The fourth-order valence-corrected chi connectivity index (χ4v) is 2.90. The van der Waals surface area contributed by atoms with Gasteiger partial charge in [0.05, 0.1) is 5.41 Å². The van der Waals surface area contributed by atoms with E-state index >= 15 is 0 Å². The van der Waals surface area contributed by atoms with Gasteiger partial charge in [0, 0.05) is 19.5 Å². The van der Waals surface area contributed by atoms with Crippen LogP contribution in [0.5, 0.6) is 0 Å². The van der Waals surface area contributed by atoms with E-state index in [2.05, 4.69) is 6.92 Å². The van der Waals surface area contributed by atoms with E-state index < -0.39 is 11.4 Å². The maximum absolute atomic E-state index is 12.2. The minimum atomic E-state index is -0.778. The van der Waals surface area contributed by atoms with Crippen LogP contribution in [0.25, 0.3) is 0 Å². The number of carbonyl (C=O) groups excluding carboxylic acids is 1. The summed E-state index contributed by atoms with van der Waals surface area (Å²) >= 11 is 0. The number of carbonyl (C=O) groups is 2. The first-order chi connectivity index (χ1) is 9.33. The monoisotopic (exact) mass is 284 g/mol. The van der Waals surface area contributed by atoms with Gasteiger partial charge in [-0.15, -0.1) is 0 Å². The fraction of sp³-hybridized carbons (Fsp3) is 0.867. The first-order valence-electron chi connectivity index (χ1n) is 7.54. The van der Waals surface area contributed by atoms with Crippen molar-refractivity contribution in [1.29, 1.82) is 0 Å². The number of nitrogens with zero attached hydrogens (tertiary/aromatic N) is 1. The molecule has 0 aromatic rings. The molecule has 3 N–H and O–H groups in total. The summed E-state index contributed by atoms with van der Waals surface area (Å²) in [6.45, 7) is 7.50. The van der Waals surface area contributed by atoms with Crippen LogP contribution >= 0.6 is 0 Å². The van der Waals surface area contributed by atoms with Crippen LogP contribution in [-0.2, 0) is 9.59 Å². The Hall–Kier alpha value is -1.10. The molecular weight excluding hydrogens is 256 g/mol. The van der Waals surface area contributed by atoms with Crippen LogP contribution in [0.4, 0.5) is 0 Å². The maximum atomic E-state index is 12.2. The molecule has 0 aromatic carbocycles. The van der Waals surface area contributed by atoms with Crippen molar-refractivity contribution in [3.05, 3.63) is 0 Å². The molecule has 0 saturated carbocycles. The number of rotatable bonds is 7. The van der Waals surface area contributed by atoms with Crippen molar-refractivity contribution in [3.63, 3.8) is 0 Å². The third-order valence-electron chi connectivity index (χ3n) is 4.70. The molecule has 1 fully saturated rings. The van der Waals surface area contributed by atoms with Crippen LogP contribution in [0, 0.1) is 17.3 Å². The van der Waals surface area contributed by atoms with Gasteiger partial charge in [0.2, 0.25) is 5.91 Å². The normalized spacial score (nSPS) is 24.1. The highest BCUT2D eigenvalue weighted by molar-refractivity contribution is 5.80. The molecule has 5 heteroatoms. The summed E-state index contributed by atoms with van der Waals surface area (Å²) < 4.78 is 0. The van der Waals surface area contributed by atoms with Crippen LogP contribution in [0.1, 0.15) is 46.5 Å². The Morgan fingerprint density at radius 3 is 2.40 bits per heavy atom. The van der Waals surface area contributed by atoms with E-state index in [1.54, 1.807) is 4.90 Å². The second kappa shape index (κ2) is 7.07. The molecular formula is C15H28N2O3. The summed E-state index contributed by atoms with van der Waals surface area (Å²) in [7, 11) is 0. The Bertz CT molecular complexity index is 357. The summed E-state index contributed by atoms with van der Waals surface area (Å²) in [5, 5.41) is 9.47. The van der Waals surface area contributed by atoms with Gasteiger partial charge in [-0.2, -0.15) is 0 Å². The number of nitrogens with two attached hydrogens (primary N) is 1. The zero-order valence-corrected chi connectivity index (χ0v) is 12.9. The van der Waals surface area contributed by atoms with Crippen molar-refractivity contribution >= 4 is 11.9 Å². The van der Waals surface area contributed by atoms with Gasteiger partial charge in [-0.05, 0) is 37.6 Å². The molecule has 1 heterocycles. The van der Waals surface area contributed by atoms with E-state index in [0.717, 1.165) is 12.8 Å². The van der Waals surface area contributed by atoms with E-state index in [1.807, 2.05) is 13.8 Å². The number of carboxylic acid groups (broad SMARTS) is 1. The van der Waals surface area contributed by atoms with Crippen LogP contribution in [0.2, 0.25) is 0 Å². The van der Waals surface area contributed by atoms with Gasteiger partial charge in [-0.25, -0.2) is 0 Å². The summed E-state index contributed by atoms with van der Waals surface area (Å²) in [6.07, 6.45) is 2.81. The van der Waals surface area contributed by atoms with Crippen molar-refractivity contribution in [2.45, 2.75) is 46.5 Å². The van der Waals surface area contributed by atoms with Crippen LogP contribution in [-0.4, -0.2) is 41.5 Å². The van der Waals surface area contributed by atoms with Crippen molar-refractivity contribution in [2.75, 3.05) is 19.6 Å². The Morgan fingerprint density at radius 2 is 1.95 bits per heavy atom. The van der Waals surface area contributed by atoms with E-state index in [-0.39, 0.29) is 11.8 Å². The molecule has 0 aliphatic carbocycles. The summed E-state index contributed by atoms with van der Waals surface area (Å²) in [4.78, 5) is 25.4. The second-order valence-corrected chi connectivity index (χ2v) is 6.40. The first-order valence-corrected chi connectivity index (χ1v) is 7.54. The molecule has 0 aromatic heterocycles. The largest absolute Gasteiger partial charge is 0.481 e. The predicted octanol–water partition coefficient (Wildman–Crippen LogP) is 1.71. The lowest BCUT2D eigenvalue weighted by molar-refractivity contribution is -0.151. The van der Waals surface area contributed by atoms with Gasteiger partial charge in [0.15, 0.2) is 0 Å². The molecule has 1 aliphatic rings. The maximum Gasteiger partial charge on any atom is 0.311 e. The highest BCUT2D eigenvalue weighted by atomic mass is 16.4. The van der Waals surface area contributed by atoms with Crippen molar-refractivity contribution < 1.29 is 14.7 Å². The second-order valence-electron chi connectivity index (χ2n) is 6.40. The average molecular weight is 284 g/mol. The third-order valence-corrected chi connectivity index (χ3v) is 4.70. The quantitative estimate of drug-likeness (QED) is 0.745. The Balaban J connectivity index is 2.54. The Kier molecular flexibility index (Phi) is 5.99. The van der Waals surface area contributed by atoms with E-state index in [1.165, 1.54) is 0 Å². The SMILES string of the molecule is CC(CCN)CCC(=O)N1CCC(C(=O)O)(C(C)C)C1. The Labute approximate surface area is 121 Å². The van der Waals surface area contributed by atoms with Crippen LogP contribution in [0.3, 0.4) is 0 Å². The van der Waals surface area contributed by atoms with Gasteiger partial charge >= 0.3 is 5.97 Å². The highest BCUT2D eigenvalue weighted by Gasteiger charge is 2.48. The molecule has 0 bridgehead atoms. The van der Waals surface area contributed by atoms with Gasteiger partial charge in [0.1, 0.15) is 0 Å². The molecule has 1 saturated heterocycles. The molecule has 1 rings (SSSR count). The predicted molar refractivity (Wildman–Crippen MR) is 78.2 cm³/mol. The van der Waals surface area contributed by atoms with Crippen molar-refractivity contribution in [2.24, 2.45) is 23.0 Å². The lowest BCUT2D eigenvalue weighted by atomic mass is 9.76. The number of likely N-dealkylation sites (tertiary alicyclic amines) is 1. The number of hydrogen-bond acceptors (Lipinski definition) is 3. The number of aliphatic carboxylic acids is 1. The Morgan fingerprint density at radius 1 is 1.30 bits per heavy atom. The minimum absolute atomic E-state index is 0.0361. The van der Waals surface area contributed by atoms with Crippen LogP contribution < -0.4 is 5.73 Å². The summed E-state index contributed by atoms with van der Waals surface area (Å²) in [5.41, 5.74) is 4.73. The van der Waals surface area contributed by atoms with Crippen LogP contribution in [0.15, 0.2) is 0 Å². The van der Waals surface area contributed by atoms with Gasteiger partial charge in [-0.1, -0.05) is 20.8 Å². The standard InChI is InChI=1S/C15H28N2O3/c1-11(2)15(14(19)20)7-9-17(10-15)13(18)5-4-12(3)6-8-16/h11-12H,4-10,16H2,1-3H3,(H,19,20). The fourth-order valence-electron chi connectivity index (χ4n) is 2.90. The zero-order chi connectivity index (χ0) is 15.3. The number of hydrogen-bond donors (Lipinski definition) is 2. The molecule has 0 spiro atoms. The third kappa shape index (κ3) is 3.72. The average Bonchev–Trinajstić information content (AvgIpc) is 2.82. The van der Waals surface area contributed by atoms with Gasteiger partial charge in [0.25, 0.3) is 0 Å².